The van der Waals surface area contributed by atoms with E-state index in [1.54, 1.807) is 0 Å². The topological polar surface area (TPSA) is 71.6 Å². The molecule has 0 saturated carbocycles. The Morgan fingerprint density at radius 3 is 3.04 bits per heavy atom. The van der Waals surface area contributed by atoms with Gasteiger partial charge in [0.25, 0.3) is 0 Å². The second kappa shape index (κ2) is 6.44. The molecule has 4 rings (SSSR count). The van der Waals surface area contributed by atoms with E-state index in [2.05, 4.69) is 15.0 Å². The van der Waals surface area contributed by atoms with Crippen LogP contribution in [-0.4, -0.2) is 53.1 Å². The Morgan fingerprint density at radius 2 is 2.25 bits per heavy atom. The lowest BCUT2D eigenvalue weighted by Crippen LogP contribution is -2.41. The van der Waals surface area contributed by atoms with Gasteiger partial charge in [0.1, 0.15) is 0 Å². The highest BCUT2D eigenvalue weighted by atomic mass is 35.5. The largest absolute Gasteiger partial charge is 0.396 e. The van der Waals surface area contributed by atoms with E-state index in [1.807, 2.05) is 24.3 Å². The molecule has 0 aliphatic carbocycles. The normalized spacial score (nSPS) is 27.3. The van der Waals surface area contributed by atoms with Crippen molar-refractivity contribution in [3.05, 3.63) is 35.2 Å². The van der Waals surface area contributed by atoms with Crippen LogP contribution in [0.3, 0.4) is 0 Å². The fourth-order valence-corrected chi connectivity index (χ4v) is 4.02. The first-order valence-corrected chi connectivity index (χ1v) is 8.56. The zero-order valence-electron chi connectivity index (χ0n) is 13.3. The van der Waals surface area contributed by atoms with Crippen molar-refractivity contribution in [3.63, 3.8) is 0 Å². The highest BCUT2D eigenvalue weighted by Gasteiger charge is 2.48. The molecule has 0 spiro atoms. The lowest BCUT2D eigenvalue weighted by molar-refractivity contribution is -0.0417. The van der Waals surface area contributed by atoms with Gasteiger partial charge in [0.15, 0.2) is 0 Å². The molecule has 0 unspecified atom stereocenters. The Morgan fingerprint density at radius 1 is 1.38 bits per heavy atom. The second-order valence-electron chi connectivity index (χ2n) is 6.70. The van der Waals surface area contributed by atoms with E-state index >= 15 is 0 Å². The van der Waals surface area contributed by atoms with Crippen molar-refractivity contribution in [2.24, 2.45) is 11.3 Å². The minimum absolute atomic E-state index is 0.0517. The molecule has 7 heteroatoms. The van der Waals surface area contributed by atoms with E-state index in [9.17, 15) is 5.11 Å². The van der Waals surface area contributed by atoms with Crippen LogP contribution in [0.15, 0.2) is 28.8 Å². The molecule has 2 fully saturated rings. The zero-order valence-corrected chi connectivity index (χ0v) is 14.1. The molecule has 1 aromatic carbocycles. The fraction of sp³-hybridized carbons (Fsp3) is 0.529. The summed E-state index contributed by atoms with van der Waals surface area (Å²) in [7, 11) is 0. The maximum absolute atomic E-state index is 9.87. The van der Waals surface area contributed by atoms with Gasteiger partial charge in [-0.2, -0.15) is 4.98 Å². The highest BCUT2D eigenvalue weighted by molar-refractivity contribution is 6.33. The first-order chi connectivity index (χ1) is 11.7. The van der Waals surface area contributed by atoms with Gasteiger partial charge in [-0.3, -0.25) is 4.90 Å². The van der Waals surface area contributed by atoms with Crippen LogP contribution in [0.4, 0.5) is 0 Å². The molecule has 3 heterocycles. The Bertz CT molecular complexity index is 723. The average molecular weight is 350 g/mol. The molecule has 24 heavy (non-hydrogen) atoms. The molecule has 1 N–H and O–H groups in total. The minimum atomic E-state index is -0.0517. The lowest BCUT2D eigenvalue weighted by atomic mass is 9.75. The Kier molecular flexibility index (Phi) is 4.30. The number of benzene rings is 1. The number of halogens is 1. The van der Waals surface area contributed by atoms with Gasteiger partial charge in [0.05, 0.1) is 24.8 Å². The van der Waals surface area contributed by atoms with Crippen LogP contribution >= 0.6 is 11.6 Å². The summed E-state index contributed by atoms with van der Waals surface area (Å²) in [6.45, 7) is 3.93. The van der Waals surface area contributed by atoms with E-state index < -0.39 is 0 Å². The Hall–Kier alpha value is -1.47. The van der Waals surface area contributed by atoms with Gasteiger partial charge in [0.2, 0.25) is 11.7 Å². The predicted octanol–water partition coefficient (Wildman–Crippen LogP) is 2.22. The van der Waals surface area contributed by atoms with Crippen molar-refractivity contribution in [2.75, 3.05) is 32.9 Å². The van der Waals surface area contributed by atoms with Crippen LogP contribution in [0, 0.1) is 11.3 Å². The Balaban J connectivity index is 1.48. The molecule has 0 radical (unpaired) electrons. The van der Waals surface area contributed by atoms with Crippen LogP contribution < -0.4 is 0 Å². The van der Waals surface area contributed by atoms with Crippen molar-refractivity contribution in [1.82, 2.24) is 15.0 Å². The lowest BCUT2D eigenvalue weighted by Gasteiger charge is -2.36. The third-order valence-corrected chi connectivity index (χ3v) is 5.53. The van der Waals surface area contributed by atoms with Crippen molar-refractivity contribution in [2.45, 2.75) is 13.0 Å². The highest BCUT2D eigenvalue weighted by Crippen LogP contribution is 2.42. The van der Waals surface area contributed by atoms with E-state index in [1.165, 1.54) is 0 Å². The molecule has 1 aromatic heterocycles. The van der Waals surface area contributed by atoms with Crippen LogP contribution in [0.2, 0.25) is 5.02 Å². The predicted molar refractivity (Wildman–Crippen MR) is 88.5 cm³/mol. The number of hydrogen-bond donors (Lipinski definition) is 1. The van der Waals surface area contributed by atoms with Crippen LogP contribution in [0.1, 0.15) is 12.3 Å². The molecule has 2 atom stereocenters. The van der Waals surface area contributed by atoms with Crippen molar-refractivity contribution >= 4 is 11.6 Å². The quantitative estimate of drug-likeness (QED) is 0.912. The molecule has 0 bridgehead atoms. The number of rotatable bonds is 4. The SMILES string of the molecule is OC[C@]12CCOC[C@H]1CN(Cc1nc(-c3ccccc3Cl)no1)C2. The summed E-state index contributed by atoms with van der Waals surface area (Å²) in [5, 5.41) is 14.5. The number of fused-ring (bicyclic) bond motifs is 1. The standard InChI is InChI=1S/C17H20ClN3O3/c18-14-4-2-1-3-13(14)16-19-15(24-20-16)8-21-7-12-9-23-6-5-17(12,10-21)11-22/h1-4,12,22H,5-11H2/t12-,17-/m1/s1. The molecule has 2 saturated heterocycles. The number of nitrogens with zero attached hydrogens (tertiary/aromatic N) is 3. The van der Waals surface area contributed by atoms with Gasteiger partial charge in [-0.15, -0.1) is 0 Å². The maximum atomic E-state index is 9.87. The monoisotopic (exact) mass is 349 g/mol. The van der Waals surface area contributed by atoms with Crippen LogP contribution in [0.5, 0.6) is 0 Å². The van der Waals surface area contributed by atoms with Gasteiger partial charge in [0, 0.05) is 36.6 Å². The number of likely N-dealkylation sites (tertiary alicyclic amines) is 1. The number of hydrogen-bond acceptors (Lipinski definition) is 6. The summed E-state index contributed by atoms with van der Waals surface area (Å²) >= 11 is 6.18. The molecule has 2 aliphatic heterocycles. The van der Waals surface area contributed by atoms with E-state index in [0.717, 1.165) is 31.7 Å². The number of aliphatic hydroxyl groups is 1. The van der Waals surface area contributed by atoms with Gasteiger partial charge in [-0.25, -0.2) is 0 Å². The van der Waals surface area contributed by atoms with Crippen LogP contribution in [-0.2, 0) is 11.3 Å². The molecular formula is C17H20ClN3O3. The molecule has 2 aliphatic rings. The molecule has 0 amide bonds. The number of aliphatic hydroxyl groups excluding tert-OH is 1. The van der Waals surface area contributed by atoms with Gasteiger partial charge in [-0.1, -0.05) is 28.9 Å². The maximum Gasteiger partial charge on any atom is 0.241 e. The zero-order chi connectivity index (χ0) is 16.6. The third kappa shape index (κ3) is 2.84. The van der Waals surface area contributed by atoms with Gasteiger partial charge in [-0.05, 0) is 18.6 Å². The third-order valence-electron chi connectivity index (χ3n) is 5.20. The number of ether oxygens (including phenoxy) is 1. The molecule has 128 valence electrons. The first-order valence-electron chi connectivity index (χ1n) is 8.19. The summed E-state index contributed by atoms with van der Waals surface area (Å²) in [6.07, 6.45) is 0.902. The summed E-state index contributed by atoms with van der Waals surface area (Å²) < 4.78 is 11.0. The summed E-state index contributed by atoms with van der Waals surface area (Å²) in [5.41, 5.74) is 0.716. The van der Waals surface area contributed by atoms with Crippen LogP contribution in [0.25, 0.3) is 11.4 Å². The Labute approximate surface area is 145 Å². The van der Waals surface area contributed by atoms with Gasteiger partial charge >= 0.3 is 0 Å². The van der Waals surface area contributed by atoms with Crippen molar-refractivity contribution < 1.29 is 14.4 Å². The van der Waals surface area contributed by atoms with E-state index in [4.69, 9.17) is 20.9 Å². The van der Waals surface area contributed by atoms with E-state index in [-0.39, 0.29) is 12.0 Å². The first kappa shape index (κ1) is 16.0. The summed E-state index contributed by atoms with van der Waals surface area (Å²) in [5.74, 6) is 1.44. The minimum Gasteiger partial charge on any atom is -0.396 e. The second-order valence-corrected chi connectivity index (χ2v) is 7.11. The van der Waals surface area contributed by atoms with Crippen molar-refractivity contribution in [3.8, 4) is 11.4 Å². The van der Waals surface area contributed by atoms with E-state index in [0.29, 0.717) is 35.8 Å². The average Bonchev–Trinajstić information content (AvgIpc) is 3.20. The van der Waals surface area contributed by atoms with Gasteiger partial charge < -0.3 is 14.4 Å². The molecule has 6 nitrogen and oxygen atoms in total. The number of aromatic nitrogens is 2. The smallest absolute Gasteiger partial charge is 0.241 e. The fourth-order valence-electron chi connectivity index (χ4n) is 3.80. The summed E-state index contributed by atoms with van der Waals surface area (Å²) in [6, 6.07) is 7.45. The molecular weight excluding hydrogens is 330 g/mol. The summed E-state index contributed by atoms with van der Waals surface area (Å²) in [4.78, 5) is 6.74. The molecule has 2 aromatic rings. The van der Waals surface area contributed by atoms with Crippen molar-refractivity contribution in [1.29, 1.82) is 0 Å².